The summed E-state index contributed by atoms with van der Waals surface area (Å²) in [4.78, 5) is 41.6. The lowest BCUT2D eigenvalue weighted by Crippen LogP contribution is -2.31. The van der Waals surface area contributed by atoms with Crippen molar-refractivity contribution in [2.24, 2.45) is 0 Å². The molecule has 1 heterocycles. The Bertz CT molecular complexity index is 1620. The van der Waals surface area contributed by atoms with Gasteiger partial charge in [-0.25, -0.2) is 13.6 Å². The van der Waals surface area contributed by atoms with Crippen LogP contribution in [0.1, 0.15) is 43.1 Å². The molecule has 1 fully saturated rings. The van der Waals surface area contributed by atoms with Crippen molar-refractivity contribution in [1.29, 1.82) is 0 Å². The van der Waals surface area contributed by atoms with Gasteiger partial charge < -0.3 is 15.0 Å². The van der Waals surface area contributed by atoms with Crippen LogP contribution in [-0.4, -0.2) is 53.2 Å². The van der Waals surface area contributed by atoms with E-state index in [0.717, 1.165) is 29.6 Å². The van der Waals surface area contributed by atoms with Gasteiger partial charge in [0, 0.05) is 44.0 Å². The van der Waals surface area contributed by atoms with Gasteiger partial charge in [0.1, 0.15) is 9.92 Å². The number of ether oxygens (including phenoxy) is 1. The molecule has 0 bridgehead atoms. The number of halogens is 2. The fraction of sp³-hybridized carbons (Fsp3) is 0.250. The number of carbonyl (C=O) groups excluding carboxylic acids is 3. The van der Waals surface area contributed by atoms with E-state index in [0.29, 0.717) is 37.2 Å². The van der Waals surface area contributed by atoms with Crippen molar-refractivity contribution in [2.45, 2.75) is 32.8 Å². The van der Waals surface area contributed by atoms with Crippen molar-refractivity contribution in [3.8, 4) is 11.1 Å². The van der Waals surface area contributed by atoms with Crippen molar-refractivity contribution in [1.82, 2.24) is 4.90 Å². The molecule has 0 spiro atoms. The standard InChI is InChI=1S/C32H31F2N3O4S2/c1-32(2,3)41-30(40)20-7-10-22(11-8-20)35-28(38)14-15-37-29(39)27(43-31(37)42)17-19-6-13-26(36(4)5)23(16-19)21-9-12-24(33)25(34)18-21/h6-13,16-18H,14-15H2,1-5H3,(H,35,38). The van der Waals surface area contributed by atoms with E-state index in [4.69, 9.17) is 17.0 Å². The van der Waals surface area contributed by atoms with Gasteiger partial charge >= 0.3 is 5.97 Å². The maximum Gasteiger partial charge on any atom is 0.338 e. The Morgan fingerprint density at radius 1 is 1.02 bits per heavy atom. The summed E-state index contributed by atoms with van der Waals surface area (Å²) in [7, 11) is 3.69. The van der Waals surface area contributed by atoms with E-state index in [2.05, 4.69) is 5.32 Å². The van der Waals surface area contributed by atoms with Gasteiger partial charge in [-0.2, -0.15) is 0 Å². The molecule has 0 radical (unpaired) electrons. The minimum absolute atomic E-state index is 0.00531. The molecule has 3 aromatic carbocycles. The van der Waals surface area contributed by atoms with E-state index in [-0.39, 0.29) is 24.8 Å². The average Bonchev–Trinajstić information content (AvgIpc) is 3.19. The van der Waals surface area contributed by atoms with Crippen LogP contribution in [0.5, 0.6) is 0 Å². The Morgan fingerprint density at radius 2 is 1.72 bits per heavy atom. The van der Waals surface area contributed by atoms with E-state index >= 15 is 0 Å². The van der Waals surface area contributed by atoms with E-state index in [1.165, 1.54) is 11.0 Å². The van der Waals surface area contributed by atoms with Crippen LogP contribution in [0.15, 0.2) is 65.6 Å². The first-order valence-electron chi connectivity index (χ1n) is 13.4. The number of nitrogens with zero attached hydrogens (tertiary/aromatic N) is 2. The zero-order valence-electron chi connectivity index (χ0n) is 24.4. The van der Waals surface area contributed by atoms with Crippen LogP contribution in [0.25, 0.3) is 17.2 Å². The van der Waals surface area contributed by atoms with Crippen LogP contribution in [0.2, 0.25) is 0 Å². The maximum atomic E-state index is 14.0. The molecule has 11 heteroatoms. The molecule has 4 rings (SSSR count). The van der Waals surface area contributed by atoms with Gasteiger partial charge in [-0.3, -0.25) is 14.5 Å². The van der Waals surface area contributed by atoms with Gasteiger partial charge in [-0.15, -0.1) is 0 Å². The molecule has 1 saturated heterocycles. The number of nitrogens with one attached hydrogen (secondary N) is 1. The number of hydrogen-bond donors (Lipinski definition) is 1. The number of carbonyl (C=O) groups is 3. The molecule has 224 valence electrons. The van der Waals surface area contributed by atoms with Gasteiger partial charge in [0.2, 0.25) is 5.91 Å². The second kappa shape index (κ2) is 13.0. The monoisotopic (exact) mass is 623 g/mol. The highest BCUT2D eigenvalue weighted by atomic mass is 32.2. The highest BCUT2D eigenvalue weighted by molar-refractivity contribution is 8.26. The number of thiocarbonyl (C=S) groups is 1. The number of anilines is 2. The fourth-order valence-electron chi connectivity index (χ4n) is 4.24. The molecule has 1 aliphatic heterocycles. The molecule has 0 aliphatic carbocycles. The van der Waals surface area contributed by atoms with Crippen LogP contribution < -0.4 is 10.2 Å². The Balaban J connectivity index is 1.42. The average molecular weight is 624 g/mol. The molecule has 43 heavy (non-hydrogen) atoms. The Hall–Kier alpha value is -4.09. The van der Waals surface area contributed by atoms with Crippen molar-refractivity contribution in [3.63, 3.8) is 0 Å². The zero-order valence-corrected chi connectivity index (χ0v) is 26.0. The third-order valence-corrected chi connectivity index (χ3v) is 7.65. The SMILES string of the molecule is CN(C)c1ccc(C=C2SC(=S)N(CCC(=O)Nc3ccc(C(=O)OC(C)(C)C)cc3)C2=O)cc1-c1ccc(F)c(F)c1. The summed E-state index contributed by atoms with van der Waals surface area (Å²) in [5.74, 6) is -2.98. The van der Waals surface area contributed by atoms with Gasteiger partial charge in [0.05, 0.1) is 10.5 Å². The fourth-order valence-corrected chi connectivity index (χ4v) is 5.54. The van der Waals surface area contributed by atoms with Crippen molar-refractivity contribution in [2.75, 3.05) is 30.9 Å². The molecular formula is C32H31F2N3O4S2. The number of benzene rings is 3. The summed E-state index contributed by atoms with van der Waals surface area (Å²) in [5, 5.41) is 2.76. The third kappa shape index (κ3) is 8.05. The first kappa shape index (κ1) is 31.8. The normalized spacial score (nSPS) is 14.3. The Morgan fingerprint density at radius 3 is 2.35 bits per heavy atom. The molecule has 1 N–H and O–H groups in total. The van der Waals surface area contributed by atoms with Crippen molar-refractivity contribution < 1.29 is 27.9 Å². The zero-order chi connectivity index (χ0) is 31.5. The van der Waals surface area contributed by atoms with E-state index in [9.17, 15) is 23.2 Å². The largest absolute Gasteiger partial charge is 0.456 e. The van der Waals surface area contributed by atoms with Crippen LogP contribution >= 0.6 is 24.0 Å². The van der Waals surface area contributed by atoms with Gasteiger partial charge in [-0.05, 0) is 86.5 Å². The van der Waals surface area contributed by atoms with Gasteiger partial charge in [0.15, 0.2) is 11.6 Å². The summed E-state index contributed by atoms with van der Waals surface area (Å²) in [5.41, 5.74) is 2.89. The second-order valence-corrected chi connectivity index (χ2v) is 12.7. The Labute approximate surface area is 258 Å². The second-order valence-electron chi connectivity index (χ2n) is 11.0. The topological polar surface area (TPSA) is 78.9 Å². The summed E-state index contributed by atoms with van der Waals surface area (Å²) in [6.07, 6.45) is 1.69. The first-order chi connectivity index (χ1) is 20.2. The highest BCUT2D eigenvalue weighted by Gasteiger charge is 2.32. The molecule has 1 aliphatic rings. The van der Waals surface area contributed by atoms with Gasteiger partial charge in [-0.1, -0.05) is 36.1 Å². The lowest BCUT2D eigenvalue weighted by Gasteiger charge is -2.19. The molecule has 2 amide bonds. The molecule has 0 saturated carbocycles. The maximum absolute atomic E-state index is 14.0. The van der Waals surface area contributed by atoms with Crippen molar-refractivity contribution in [3.05, 3.63) is 88.3 Å². The predicted molar refractivity (Wildman–Crippen MR) is 171 cm³/mol. The molecular weight excluding hydrogens is 592 g/mol. The number of thioether (sulfide) groups is 1. The molecule has 0 unspecified atom stereocenters. The molecule has 7 nitrogen and oxygen atoms in total. The lowest BCUT2D eigenvalue weighted by atomic mass is 9.99. The summed E-state index contributed by atoms with van der Waals surface area (Å²) < 4.78 is 33.2. The highest BCUT2D eigenvalue weighted by Crippen LogP contribution is 2.36. The summed E-state index contributed by atoms with van der Waals surface area (Å²) in [6, 6.07) is 15.5. The number of hydrogen-bond acceptors (Lipinski definition) is 7. The molecule has 0 atom stereocenters. The van der Waals surface area contributed by atoms with Crippen LogP contribution in [0, 0.1) is 11.6 Å². The quantitative estimate of drug-likeness (QED) is 0.166. The lowest BCUT2D eigenvalue weighted by molar-refractivity contribution is -0.122. The minimum Gasteiger partial charge on any atom is -0.456 e. The Kier molecular flexibility index (Phi) is 9.66. The summed E-state index contributed by atoms with van der Waals surface area (Å²) >= 11 is 6.55. The minimum atomic E-state index is -0.949. The number of esters is 1. The smallest absolute Gasteiger partial charge is 0.338 e. The molecule has 0 aromatic heterocycles. The van der Waals surface area contributed by atoms with E-state index in [1.807, 2.05) is 31.1 Å². The first-order valence-corrected chi connectivity index (χ1v) is 14.6. The molecule has 3 aromatic rings. The van der Waals surface area contributed by atoms with Crippen LogP contribution in [0.4, 0.5) is 20.2 Å². The van der Waals surface area contributed by atoms with Crippen molar-refractivity contribution >= 4 is 63.5 Å². The summed E-state index contributed by atoms with van der Waals surface area (Å²) in [6.45, 7) is 5.44. The third-order valence-electron chi connectivity index (χ3n) is 6.27. The van der Waals surface area contributed by atoms with Crippen LogP contribution in [-0.2, 0) is 14.3 Å². The van der Waals surface area contributed by atoms with Gasteiger partial charge in [0.25, 0.3) is 5.91 Å². The van der Waals surface area contributed by atoms with E-state index < -0.39 is 23.2 Å². The number of rotatable bonds is 8. The van der Waals surface area contributed by atoms with E-state index in [1.54, 1.807) is 57.2 Å². The number of amides is 2. The van der Waals surface area contributed by atoms with Crippen LogP contribution in [0.3, 0.4) is 0 Å². The predicted octanol–water partition coefficient (Wildman–Crippen LogP) is 6.88.